The fourth-order valence-electron chi connectivity index (χ4n) is 2.25. The number of aldehydes is 1. The fourth-order valence-corrected chi connectivity index (χ4v) is 2.25. The molecule has 1 aliphatic rings. The fraction of sp³-hybridized carbons (Fsp3) is 0.462. The van der Waals surface area contributed by atoms with Gasteiger partial charge in [-0.1, -0.05) is 6.07 Å². The van der Waals surface area contributed by atoms with Crippen LogP contribution < -0.4 is 4.90 Å². The molecule has 0 bridgehead atoms. The summed E-state index contributed by atoms with van der Waals surface area (Å²) in [5, 5.41) is 0. The van der Waals surface area contributed by atoms with E-state index in [1.807, 2.05) is 11.9 Å². The van der Waals surface area contributed by atoms with Gasteiger partial charge < -0.3 is 9.64 Å². The van der Waals surface area contributed by atoms with Crippen molar-refractivity contribution in [2.75, 3.05) is 25.2 Å². The lowest BCUT2D eigenvalue weighted by molar-refractivity contribution is 0.0853. The van der Waals surface area contributed by atoms with E-state index in [1.165, 1.54) is 6.07 Å². The third-order valence-electron chi connectivity index (χ3n) is 3.24. The second-order valence-corrected chi connectivity index (χ2v) is 4.25. The van der Waals surface area contributed by atoms with Crippen molar-refractivity contribution in [1.29, 1.82) is 0 Å². The minimum Gasteiger partial charge on any atom is -0.381 e. The highest BCUT2D eigenvalue weighted by Crippen LogP contribution is 2.26. The number of carbonyl (C=O) groups is 1. The average Bonchev–Trinajstić information content (AvgIpc) is 2.38. The Morgan fingerprint density at radius 2 is 2.12 bits per heavy atom. The Bertz CT molecular complexity index is 402. The molecule has 0 saturated carbocycles. The molecule has 0 amide bonds. The smallest absolute Gasteiger partial charge is 0.152 e. The van der Waals surface area contributed by atoms with Crippen LogP contribution >= 0.6 is 0 Å². The number of carbonyl (C=O) groups excluding carboxylic acids is 1. The average molecular weight is 237 g/mol. The standard InChI is InChI=1S/C13H16FNO2/c1-15(11-5-7-17-8-6-11)13-10(9-16)3-2-4-12(13)14/h2-4,9,11H,5-8H2,1H3. The molecule has 1 heterocycles. The maximum absolute atomic E-state index is 13.8. The zero-order valence-electron chi connectivity index (χ0n) is 9.86. The van der Waals surface area contributed by atoms with Crippen molar-refractivity contribution in [2.45, 2.75) is 18.9 Å². The molecule has 0 radical (unpaired) electrons. The van der Waals surface area contributed by atoms with E-state index in [2.05, 4.69) is 0 Å². The van der Waals surface area contributed by atoms with E-state index in [1.54, 1.807) is 12.1 Å². The number of rotatable bonds is 3. The van der Waals surface area contributed by atoms with Gasteiger partial charge in [0.05, 0.1) is 5.69 Å². The monoisotopic (exact) mass is 237 g/mol. The van der Waals surface area contributed by atoms with Crippen LogP contribution in [0, 0.1) is 5.82 Å². The van der Waals surface area contributed by atoms with E-state index in [-0.39, 0.29) is 11.9 Å². The Balaban J connectivity index is 2.28. The van der Waals surface area contributed by atoms with Crippen molar-refractivity contribution in [3.05, 3.63) is 29.6 Å². The summed E-state index contributed by atoms with van der Waals surface area (Å²) in [6.07, 6.45) is 2.43. The molecular weight excluding hydrogens is 221 g/mol. The van der Waals surface area contributed by atoms with Crippen molar-refractivity contribution >= 4 is 12.0 Å². The SMILES string of the molecule is CN(c1c(F)cccc1C=O)C1CCOCC1. The Kier molecular flexibility index (Phi) is 3.74. The molecule has 1 aliphatic heterocycles. The predicted molar refractivity (Wildman–Crippen MR) is 64.0 cm³/mol. The molecular formula is C13H16FNO2. The van der Waals surface area contributed by atoms with Gasteiger partial charge in [0.15, 0.2) is 6.29 Å². The molecule has 92 valence electrons. The van der Waals surface area contributed by atoms with Gasteiger partial charge in [-0.3, -0.25) is 4.79 Å². The van der Waals surface area contributed by atoms with Gasteiger partial charge in [0.2, 0.25) is 0 Å². The van der Waals surface area contributed by atoms with E-state index in [9.17, 15) is 9.18 Å². The molecule has 0 spiro atoms. The number of hydrogen-bond acceptors (Lipinski definition) is 3. The molecule has 1 saturated heterocycles. The molecule has 17 heavy (non-hydrogen) atoms. The van der Waals surface area contributed by atoms with Crippen molar-refractivity contribution in [1.82, 2.24) is 0 Å². The van der Waals surface area contributed by atoms with Crippen molar-refractivity contribution in [3.8, 4) is 0 Å². The van der Waals surface area contributed by atoms with Crippen LogP contribution in [0.3, 0.4) is 0 Å². The van der Waals surface area contributed by atoms with Crippen LogP contribution in [0.2, 0.25) is 0 Å². The zero-order chi connectivity index (χ0) is 12.3. The Labute approximate surface area is 100 Å². The molecule has 0 N–H and O–H groups in total. The Morgan fingerprint density at radius 1 is 1.41 bits per heavy atom. The lowest BCUT2D eigenvalue weighted by atomic mass is 10.0. The van der Waals surface area contributed by atoms with Crippen LogP contribution in [0.1, 0.15) is 23.2 Å². The lowest BCUT2D eigenvalue weighted by Crippen LogP contribution is -2.37. The molecule has 1 fully saturated rings. The summed E-state index contributed by atoms with van der Waals surface area (Å²) in [4.78, 5) is 12.8. The number of para-hydroxylation sites is 1. The van der Waals surface area contributed by atoms with Gasteiger partial charge in [0, 0.05) is 31.9 Å². The quantitative estimate of drug-likeness (QED) is 0.755. The number of ether oxygens (including phenoxy) is 1. The first-order valence-corrected chi connectivity index (χ1v) is 5.78. The van der Waals surface area contributed by atoms with Gasteiger partial charge in [-0.25, -0.2) is 4.39 Å². The first-order valence-electron chi connectivity index (χ1n) is 5.78. The normalized spacial score (nSPS) is 16.8. The first kappa shape index (κ1) is 12.0. The third-order valence-corrected chi connectivity index (χ3v) is 3.24. The van der Waals surface area contributed by atoms with E-state index >= 15 is 0 Å². The first-order chi connectivity index (χ1) is 8.24. The molecule has 0 aliphatic carbocycles. The van der Waals surface area contributed by atoms with Crippen LogP contribution in [-0.2, 0) is 4.74 Å². The molecule has 2 rings (SSSR count). The van der Waals surface area contributed by atoms with Crippen LogP contribution in [-0.4, -0.2) is 32.6 Å². The summed E-state index contributed by atoms with van der Waals surface area (Å²) in [5.41, 5.74) is 0.799. The number of hydrogen-bond donors (Lipinski definition) is 0. The van der Waals surface area contributed by atoms with E-state index in [0.717, 1.165) is 12.8 Å². The highest BCUT2D eigenvalue weighted by Gasteiger charge is 2.22. The van der Waals surface area contributed by atoms with Gasteiger partial charge in [0.25, 0.3) is 0 Å². The highest BCUT2D eigenvalue weighted by molar-refractivity contribution is 5.84. The molecule has 4 heteroatoms. The van der Waals surface area contributed by atoms with E-state index in [0.29, 0.717) is 30.8 Å². The van der Waals surface area contributed by atoms with Crippen LogP contribution in [0.25, 0.3) is 0 Å². The van der Waals surface area contributed by atoms with Crippen LogP contribution in [0.15, 0.2) is 18.2 Å². The second kappa shape index (κ2) is 5.27. The number of benzene rings is 1. The molecule has 0 aromatic heterocycles. The predicted octanol–water partition coefficient (Wildman–Crippen LogP) is 2.25. The third kappa shape index (κ3) is 2.47. The molecule has 3 nitrogen and oxygen atoms in total. The molecule has 1 aromatic carbocycles. The molecule has 0 unspecified atom stereocenters. The highest BCUT2D eigenvalue weighted by atomic mass is 19.1. The van der Waals surface area contributed by atoms with Crippen molar-refractivity contribution in [3.63, 3.8) is 0 Å². The minimum atomic E-state index is -0.344. The summed E-state index contributed by atoms with van der Waals surface area (Å²) in [6, 6.07) is 4.82. The van der Waals surface area contributed by atoms with Crippen LogP contribution in [0.4, 0.5) is 10.1 Å². The number of halogens is 1. The van der Waals surface area contributed by atoms with Gasteiger partial charge in [-0.05, 0) is 25.0 Å². The van der Waals surface area contributed by atoms with E-state index < -0.39 is 0 Å². The van der Waals surface area contributed by atoms with Gasteiger partial charge in [-0.2, -0.15) is 0 Å². The second-order valence-electron chi connectivity index (χ2n) is 4.25. The van der Waals surface area contributed by atoms with E-state index in [4.69, 9.17) is 4.74 Å². The maximum atomic E-state index is 13.8. The van der Waals surface area contributed by atoms with Gasteiger partial charge in [-0.15, -0.1) is 0 Å². The van der Waals surface area contributed by atoms with Crippen molar-refractivity contribution < 1.29 is 13.9 Å². The summed E-state index contributed by atoms with van der Waals surface area (Å²) in [7, 11) is 1.83. The number of nitrogens with zero attached hydrogens (tertiary/aromatic N) is 1. The van der Waals surface area contributed by atoms with Gasteiger partial charge in [0.1, 0.15) is 5.82 Å². The zero-order valence-corrected chi connectivity index (χ0v) is 9.86. The maximum Gasteiger partial charge on any atom is 0.152 e. The van der Waals surface area contributed by atoms with Crippen molar-refractivity contribution in [2.24, 2.45) is 0 Å². The number of anilines is 1. The topological polar surface area (TPSA) is 29.5 Å². The lowest BCUT2D eigenvalue weighted by Gasteiger charge is -2.33. The summed E-state index contributed by atoms with van der Waals surface area (Å²) in [5.74, 6) is -0.344. The summed E-state index contributed by atoms with van der Waals surface area (Å²) < 4.78 is 19.1. The summed E-state index contributed by atoms with van der Waals surface area (Å²) in [6.45, 7) is 1.39. The minimum absolute atomic E-state index is 0.236. The summed E-state index contributed by atoms with van der Waals surface area (Å²) >= 11 is 0. The Morgan fingerprint density at radius 3 is 2.76 bits per heavy atom. The largest absolute Gasteiger partial charge is 0.381 e. The van der Waals surface area contributed by atoms with Crippen LogP contribution in [0.5, 0.6) is 0 Å². The van der Waals surface area contributed by atoms with Gasteiger partial charge >= 0.3 is 0 Å². The Hall–Kier alpha value is -1.42. The molecule has 1 aromatic rings. The molecule has 0 atom stereocenters.